The predicted molar refractivity (Wildman–Crippen MR) is 190 cm³/mol. The van der Waals surface area contributed by atoms with Gasteiger partial charge in [-0.05, 0) is 79.9 Å². The molecule has 0 bridgehead atoms. The number of nitrogens with zero attached hydrogens (tertiary/aromatic N) is 3. The topological polar surface area (TPSA) is 38.7 Å². The van der Waals surface area contributed by atoms with Crippen LogP contribution in [0.25, 0.3) is 66.9 Å². The second-order valence-electron chi connectivity index (χ2n) is 12.4. The maximum Gasteiger partial charge on any atom is 0.0973 e. The summed E-state index contributed by atoms with van der Waals surface area (Å²) in [6, 6.07) is 54.5. The first-order valence-corrected chi connectivity index (χ1v) is 16.0. The number of aromatic nitrogens is 3. The van der Waals surface area contributed by atoms with Crippen molar-refractivity contribution < 1.29 is 0 Å². The van der Waals surface area contributed by atoms with Crippen molar-refractivity contribution >= 4 is 11.0 Å². The summed E-state index contributed by atoms with van der Waals surface area (Å²) in [6.45, 7) is 0. The Morgan fingerprint density at radius 3 is 1.43 bits per heavy atom. The largest absolute Gasteiger partial charge is 0.264 e. The molecule has 1 spiro atoms. The predicted octanol–water partition coefficient (Wildman–Crippen LogP) is 10.4. The van der Waals surface area contributed by atoms with Gasteiger partial charge in [0.2, 0.25) is 0 Å². The van der Waals surface area contributed by atoms with E-state index in [-0.39, 0.29) is 0 Å². The van der Waals surface area contributed by atoms with Crippen molar-refractivity contribution in [1.82, 2.24) is 15.0 Å². The van der Waals surface area contributed by atoms with E-state index in [0.29, 0.717) is 0 Å². The highest BCUT2D eigenvalue weighted by Gasteiger charge is 2.51. The standard InChI is InChI=1S/C44H27N3/c1-4-14-36-32(11-1)33-12-2-5-15-37(33)44(36)38-16-6-3-13-34(38)35-24-23-30(26-39(35)44)43-42(46-40-17-7-8-18-41(40)47-43)29-21-19-28(20-22-29)31-10-9-25-45-27-31/h1-27H. The van der Waals surface area contributed by atoms with E-state index < -0.39 is 5.41 Å². The second kappa shape index (κ2) is 9.90. The quantitative estimate of drug-likeness (QED) is 0.203. The monoisotopic (exact) mass is 597 g/mol. The fraction of sp³-hybridized carbons (Fsp3) is 0.0227. The van der Waals surface area contributed by atoms with Crippen molar-refractivity contribution in [3.8, 4) is 55.9 Å². The van der Waals surface area contributed by atoms with Gasteiger partial charge < -0.3 is 0 Å². The number of fused-ring (bicyclic) bond motifs is 11. The number of pyridine rings is 1. The molecule has 0 fully saturated rings. The van der Waals surface area contributed by atoms with Gasteiger partial charge >= 0.3 is 0 Å². The summed E-state index contributed by atoms with van der Waals surface area (Å²) in [5, 5.41) is 0. The highest BCUT2D eigenvalue weighted by molar-refractivity contribution is 5.96. The molecular weight excluding hydrogens is 571 g/mol. The molecule has 10 rings (SSSR count). The van der Waals surface area contributed by atoms with Crippen LogP contribution in [0.2, 0.25) is 0 Å². The molecule has 0 amide bonds. The van der Waals surface area contributed by atoms with Crippen molar-refractivity contribution in [3.63, 3.8) is 0 Å². The third kappa shape index (κ3) is 3.65. The average molecular weight is 598 g/mol. The molecule has 218 valence electrons. The van der Waals surface area contributed by atoms with Crippen LogP contribution in [0.3, 0.4) is 0 Å². The smallest absolute Gasteiger partial charge is 0.0973 e. The Morgan fingerprint density at radius 1 is 0.362 bits per heavy atom. The van der Waals surface area contributed by atoms with E-state index in [4.69, 9.17) is 9.97 Å². The molecule has 0 N–H and O–H groups in total. The lowest BCUT2D eigenvalue weighted by molar-refractivity contribution is 0.794. The molecular formula is C44H27N3. The Bertz CT molecular complexity index is 2450. The molecule has 2 aromatic heterocycles. The maximum atomic E-state index is 5.31. The molecule has 0 saturated carbocycles. The Balaban J connectivity index is 1.23. The summed E-state index contributed by atoms with van der Waals surface area (Å²) in [5.41, 5.74) is 17.9. The fourth-order valence-electron chi connectivity index (χ4n) is 8.00. The van der Waals surface area contributed by atoms with Crippen LogP contribution in [0.1, 0.15) is 22.3 Å². The molecule has 2 heterocycles. The zero-order valence-corrected chi connectivity index (χ0v) is 25.4. The molecule has 0 unspecified atom stereocenters. The van der Waals surface area contributed by atoms with Crippen LogP contribution in [-0.4, -0.2) is 15.0 Å². The van der Waals surface area contributed by atoms with Crippen LogP contribution in [0.15, 0.2) is 164 Å². The van der Waals surface area contributed by atoms with Gasteiger partial charge in [0.25, 0.3) is 0 Å². The highest BCUT2D eigenvalue weighted by atomic mass is 14.8. The molecule has 8 aromatic rings. The minimum Gasteiger partial charge on any atom is -0.264 e. The van der Waals surface area contributed by atoms with Crippen LogP contribution in [0.5, 0.6) is 0 Å². The summed E-state index contributed by atoms with van der Waals surface area (Å²) in [4.78, 5) is 14.9. The molecule has 3 heteroatoms. The molecule has 47 heavy (non-hydrogen) atoms. The lowest BCUT2D eigenvalue weighted by atomic mass is 9.70. The van der Waals surface area contributed by atoms with Crippen molar-refractivity contribution in [2.45, 2.75) is 5.41 Å². The fourth-order valence-corrected chi connectivity index (χ4v) is 8.00. The Labute approximate surface area is 272 Å². The molecule has 0 radical (unpaired) electrons. The Morgan fingerprint density at radius 2 is 0.851 bits per heavy atom. The zero-order valence-electron chi connectivity index (χ0n) is 25.4. The molecule has 0 aliphatic heterocycles. The molecule has 0 saturated heterocycles. The van der Waals surface area contributed by atoms with Gasteiger partial charge in [-0.1, -0.05) is 127 Å². The molecule has 6 aromatic carbocycles. The van der Waals surface area contributed by atoms with Crippen molar-refractivity contribution in [1.29, 1.82) is 0 Å². The zero-order chi connectivity index (χ0) is 31.0. The van der Waals surface area contributed by atoms with E-state index in [9.17, 15) is 0 Å². The highest BCUT2D eigenvalue weighted by Crippen LogP contribution is 2.63. The summed E-state index contributed by atoms with van der Waals surface area (Å²) in [7, 11) is 0. The van der Waals surface area contributed by atoms with Gasteiger partial charge in [-0.25, -0.2) is 9.97 Å². The van der Waals surface area contributed by atoms with Gasteiger partial charge in [-0.15, -0.1) is 0 Å². The molecule has 3 nitrogen and oxygen atoms in total. The maximum absolute atomic E-state index is 5.31. The van der Waals surface area contributed by atoms with E-state index in [0.717, 1.165) is 44.7 Å². The number of hydrogen-bond acceptors (Lipinski definition) is 3. The number of benzene rings is 6. The first-order valence-electron chi connectivity index (χ1n) is 16.0. The number of rotatable bonds is 3. The van der Waals surface area contributed by atoms with E-state index in [2.05, 4.69) is 132 Å². The Hall–Kier alpha value is -6.19. The van der Waals surface area contributed by atoms with E-state index in [1.165, 1.54) is 44.5 Å². The van der Waals surface area contributed by atoms with E-state index >= 15 is 0 Å². The van der Waals surface area contributed by atoms with Gasteiger partial charge in [-0.3, -0.25) is 4.98 Å². The van der Waals surface area contributed by atoms with Gasteiger partial charge in [0.1, 0.15) is 0 Å². The molecule has 2 aliphatic carbocycles. The summed E-state index contributed by atoms with van der Waals surface area (Å²) in [6.07, 6.45) is 3.70. The van der Waals surface area contributed by atoms with Crippen molar-refractivity contribution in [2.24, 2.45) is 0 Å². The SMILES string of the molecule is c1cncc(-c2ccc(-c3nc4ccccc4nc3-c3ccc4c(c3)C3(c5ccccc5-c5ccccc53)c3ccccc3-4)cc2)c1. The molecule has 0 atom stereocenters. The average Bonchev–Trinajstić information content (AvgIpc) is 3.62. The third-order valence-corrected chi connectivity index (χ3v) is 9.99. The van der Waals surface area contributed by atoms with Crippen LogP contribution in [0.4, 0.5) is 0 Å². The summed E-state index contributed by atoms with van der Waals surface area (Å²) in [5.74, 6) is 0. The molecule has 2 aliphatic rings. The first kappa shape index (κ1) is 26.1. The van der Waals surface area contributed by atoms with Crippen LogP contribution in [0, 0.1) is 0 Å². The van der Waals surface area contributed by atoms with Crippen molar-refractivity contribution in [2.75, 3.05) is 0 Å². The lowest BCUT2D eigenvalue weighted by Crippen LogP contribution is -2.25. The summed E-state index contributed by atoms with van der Waals surface area (Å²) >= 11 is 0. The van der Waals surface area contributed by atoms with E-state index in [1.807, 2.05) is 30.5 Å². The van der Waals surface area contributed by atoms with Gasteiger partial charge in [0, 0.05) is 23.5 Å². The Kier molecular flexibility index (Phi) is 5.49. The number of para-hydroxylation sites is 2. The summed E-state index contributed by atoms with van der Waals surface area (Å²) < 4.78 is 0. The van der Waals surface area contributed by atoms with Gasteiger partial charge in [0.15, 0.2) is 0 Å². The van der Waals surface area contributed by atoms with E-state index in [1.54, 1.807) is 6.20 Å². The van der Waals surface area contributed by atoms with Crippen LogP contribution < -0.4 is 0 Å². The van der Waals surface area contributed by atoms with Crippen LogP contribution in [-0.2, 0) is 5.41 Å². The van der Waals surface area contributed by atoms with Gasteiger partial charge in [-0.2, -0.15) is 0 Å². The lowest BCUT2D eigenvalue weighted by Gasteiger charge is -2.30. The van der Waals surface area contributed by atoms with Gasteiger partial charge in [0.05, 0.1) is 27.8 Å². The minimum atomic E-state index is -0.412. The minimum absolute atomic E-state index is 0.412. The normalized spacial score (nSPS) is 13.3. The van der Waals surface area contributed by atoms with Crippen LogP contribution >= 0.6 is 0 Å². The third-order valence-electron chi connectivity index (χ3n) is 9.99. The number of hydrogen-bond donors (Lipinski definition) is 0. The second-order valence-corrected chi connectivity index (χ2v) is 12.4. The first-order chi connectivity index (χ1) is 23.3. The van der Waals surface area contributed by atoms with Crippen molar-refractivity contribution in [3.05, 3.63) is 186 Å².